The average molecular weight is 421 g/mol. The lowest BCUT2D eigenvalue weighted by Gasteiger charge is -2.26. The molecular formula is C21H15N3O7. The second-order valence-electron chi connectivity index (χ2n) is 6.63. The summed E-state index contributed by atoms with van der Waals surface area (Å²) in [5.74, 6) is -2.11. The molecule has 0 bridgehead atoms. The minimum Gasteiger partial charge on any atom is -0.500 e. The van der Waals surface area contributed by atoms with Crippen molar-refractivity contribution in [3.63, 3.8) is 0 Å². The van der Waals surface area contributed by atoms with E-state index in [9.17, 15) is 25.3 Å². The molecule has 1 aliphatic rings. The summed E-state index contributed by atoms with van der Waals surface area (Å²) in [7, 11) is 0. The maximum atomic E-state index is 12.9. The van der Waals surface area contributed by atoms with Crippen LogP contribution in [0.4, 0.5) is 5.69 Å². The Hall–Kier alpha value is -4.52. The third kappa shape index (κ3) is 3.08. The Morgan fingerprint density at radius 3 is 2.77 bits per heavy atom. The number of phenols is 1. The molecule has 1 aliphatic heterocycles. The minimum atomic E-state index is -1.13. The molecule has 0 aliphatic carbocycles. The van der Waals surface area contributed by atoms with Crippen LogP contribution in [0.2, 0.25) is 0 Å². The SMILES string of the molecule is CCOc1cc([C@H]2C(C#N)=C(N)Oc3c2c(=O)oc2ccccc32)cc([N+](=O)[O-])c1O. The summed E-state index contributed by atoms with van der Waals surface area (Å²) < 4.78 is 16.3. The van der Waals surface area contributed by atoms with Crippen LogP contribution in [0.3, 0.4) is 0 Å². The Balaban J connectivity index is 2.08. The highest BCUT2D eigenvalue weighted by Gasteiger charge is 2.37. The highest BCUT2D eigenvalue weighted by atomic mass is 16.6. The molecule has 10 nitrogen and oxygen atoms in total. The Bertz CT molecular complexity index is 1370. The first kappa shape index (κ1) is 19.8. The number of rotatable bonds is 4. The van der Waals surface area contributed by atoms with Crippen molar-refractivity contribution >= 4 is 16.7 Å². The van der Waals surface area contributed by atoms with E-state index in [1.54, 1.807) is 31.2 Å². The molecule has 1 aromatic heterocycles. The standard InChI is InChI=1S/C21H15N3O7/c1-2-29-15-8-10(7-13(18(15)25)24(27)28)16-12(9-22)20(23)31-19-11-5-3-4-6-14(11)30-21(26)17(16)19/h3-8,16,25H,2,23H2,1H3/t16-/m0/s1. The zero-order valence-corrected chi connectivity index (χ0v) is 16.1. The lowest BCUT2D eigenvalue weighted by atomic mass is 9.83. The van der Waals surface area contributed by atoms with Crippen molar-refractivity contribution in [1.29, 1.82) is 5.26 Å². The summed E-state index contributed by atoms with van der Waals surface area (Å²) in [5.41, 5.74) is 4.79. The molecule has 1 atom stereocenters. The molecule has 0 saturated heterocycles. The molecule has 0 fully saturated rings. The highest BCUT2D eigenvalue weighted by Crippen LogP contribution is 2.47. The number of hydrogen-bond donors (Lipinski definition) is 2. The van der Waals surface area contributed by atoms with Crippen molar-refractivity contribution in [2.45, 2.75) is 12.8 Å². The average Bonchev–Trinajstić information content (AvgIpc) is 2.74. The molecule has 0 unspecified atom stereocenters. The number of nitro benzene ring substituents is 1. The summed E-state index contributed by atoms with van der Waals surface area (Å²) in [6.45, 7) is 1.76. The molecule has 0 amide bonds. The number of phenolic OH excluding ortho intramolecular Hbond substituents is 1. The van der Waals surface area contributed by atoms with Gasteiger partial charge in [0.15, 0.2) is 11.5 Å². The van der Waals surface area contributed by atoms with Crippen LogP contribution >= 0.6 is 0 Å². The van der Waals surface area contributed by atoms with Crippen molar-refractivity contribution in [3.8, 4) is 23.3 Å². The van der Waals surface area contributed by atoms with Crippen LogP contribution in [0.1, 0.15) is 24.0 Å². The van der Waals surface area contributed by atoms with Gasteiger partial charge in [-0.25, -0.2) is 4.79 Å². The van der Waals surface area contributed by atoms with Crippen LogP contribution in [0, 0.1) is 21.4 Å². The number of ether oxygens (including phenoxy) is 2. The van der Waals surface area contributed by atoms with Crippen LogP contribution in [-0.4, -0.2) is 16.6 Å². The molecule has 10 heteroatoms. The monoisotopic (exact) mass is 421 g/mol. The number of nitriles is 1. The number of aromatic hydroxyl groups is 1. The number of benzene rings is 2. The fourth-order valence-corrected chi connectivity index (χ4v) is 3.58. The minimum absolute atomic E-state index is 0.0353. The van der Waals surface area contributed by atoms with E-state index in [1.807, 2.05) is 6.07 Å². The normalized spacial score (nSPS) is 15.2. The van der Waals surface area contributed by atoms with Crippen molar-refractivity contribution in [2.24, 2.45) is 5.73 Å². The first-order valence-corrected chi connectivity index (χ1v) is 9.14. The van der Waals surface area contributed by atoms with Crippen molar-refractivity contribution in [1.82, 2.24) is 0 Å². The second-order valence-corrected chi connectivity index (χ2v) is 6.63. The third-order valence-electron chi connectivity index (χ3n) is 4.88. The summed E-state index contributed by atoms with van der Waals surface area (Å²) >= 11 is 0. The number of nitrogens with zero attached hydrogens (tertiary/aromatic N) is 2. The third-order valence-corrected chi connectivity index (χ3v) is 4.88. The van der Waals surface area contributed by atoms with Gasteiger partial charge in [0.1, 0.15) is 17.2 Å². The largest absolute Gasteiger partial charge is 0.500 e. The van der Waals surface area contributed by atoms with E-state index in [0.29, 0.717) is 5.39 Å². The van der Waals surface area contributed by atoms with Crippen LogP contribution in [0.15, 0.2) is 57.1 Å². The van der Waals surface area contributed by atoms with Gasteiger partial charge in [0, 0.05) is 6.07 Å². The summed E-state index contributed by atoms with van der Waals surface area (Å²) in [5, 5.41) is 31.9. The van der Waals surface area contributed by atoms with Gasteiger partial charge in [0.2, 0.25) is 11.6 Å². The van der Waals surface area contributed by atoms with E-state index in [4.69, 9.17) is 19.6 Å². The summed E-state index contributed by atoms with van der Waals surface area (Å²) in [6.07, 6.45) is 0. The summed E-state index contributed by atoms with van der Waals surface area (Å²) in [4.78, 5) is 23.6. The molecule has 2 heterocycles. The highest BCUT2D eigenvalue weighted by molar-refractivity contribution is 5.86. The zero-order valence-electron chi connectivity index (χ0n) is 16.1. The van der Waals surface area contributed by atoms with Gasteiger partial charge in [-0.15, -0.1) is 0 Å². The van der Waals surface area contributed by atoms with Gasteiger partial charge in [0.25, 0.3) is 0 Å². The molecular weight excluding hydrogens is 406 g/mol. The first-order valence-electron chi connectivity index (χ1n) is 9.14. The smallest absolute Gasteiger partial charge is 0.344 e. The van der Waals surface area contributed by atoms with Crippen molar-refractivity contribution < 1.29 is 23.9 Å². The van der Waals surface area contributed by atoms with Crippen molar-refractivity contribution in [3.05, 3.63) is 79.5 Å². The number of allylic oxidation sites excluding steroid dienone is 1. The predicted molar refractivity (Wildman–Crippen MR) is 108 cm³/mol. The molecule has 31 heavy (non-hydrogen) atoms. The molecule has 3 aromatic rings. The van der Waals surface area contributed by atoms with Crippen LogP contribution in [0.5, 0.6) is 17.2 Å². The van der Waals surface area contributed by atoms with Gasteiger partial charge in [-0.1, -0.05) is 12.1 Å². The van der Waals surface area contributed by atoms with Gasteiger partial charge in [-0.3, -0.25) is 10.1 Å². The van der Waals surface area contributed by atoms with Gasteiger partial charge < -0.3 is 24.7 Å². The Labute approximate surface area is 174 Å². The van der Waals surface area contributed by atoms with Gasteiger partial charge >= 0.3 is 11.3 Å². The van der Waals surface area contributed by atoms with Crippen LogP contribution in [-0.2, 0) is 0 Å². The maximum Gasteiger partial charge on any atom is 0.344 e. The lowest BCUT2D eigenvalue weighted by molar-refractivity contribution is -0.386. The van der Waals surface area contributed by atoms with Crippen molar-refractivity contribution in [2.75, 3.05) is 6.61 Å². The van der Waals surface area contributed by atoms with E-state index in [-0.39, 0.29) is 46.3 Å². The van der Waals surface area contributed by atoms with E-state index in [1.165, 1.54) is 6.07 Å². The lowest BCUT2D eigenvalue weighted by Crippen LogP contribution is -2.26. The van der Waals surface area contributed by atoms with E-state index >= 15 is 0 Å². The number of nitro groups is 1. The topological polar surface area (TPSA) is 162 Å². The number of nitrogens with two attached hydrogens (primary N) is 1. The van der Waals surface area contributed by atoms with E-state index < -0.39 is 27.9 Å². The molecule has 0 radical (unpaired) electrons. The number of hydrogen-bond acceptors (Lipinski definition) is 9. The second kappa shape index (κ2) is 7.38. The summed E-state index contributed by atoms with van der Waals surface area (Å²) in [6, 6.07) is 10.9. The maximum absolute atomic E-state index is 12.9. The van der Waals surface area contributed by atoms with Gasteiger partial charge in [0.05, 0.1) is 28.4 Å². The van der Waals surface area contributed by atoms with E-state index in [2.05, 4.69) is 0 Å². The molecule has 3 N–H and O–H groups in total. The number of para-hydroxylation sites is 1. The fourth-order valence-electron chi connectivity index (χ4n) is 3.58. The Morgan fingerprint density at radius 1 is 1.35 bits per heavy atom. The van der Waals surface area contributed by atoms with E-state index in [0.717, 1.165) is 6.07 Å². The Kier molecular flexibility index (Phi) is 4.71. The Morgan fingerprint density at radius 2 is 2.10 bits per heavy atom. The molecule has 0 saturated carbocycles. The van der Waals surface area contributed by atoms with Gasteiger partial charge in [-0.05, 0) is 30.7 Å². The zero-order chi connectivity index (χ0) is 22.3. The first-order chi connectivity index (χ1) is 14.9. The number of fused-ring (bicyclic) bond motifs is 3. The molecule has 0 spiro atoms. The fraction of sp³-hybridized carbons (Fsp3) is 0.143. The molecule has 156 valence electrons. The van der Waals surface area contributed by atoms with Gasteiger partial charge in [-0.2, -0.15) is 5.26 Å². The van der Waals surface area contributed by atoms with Crippen LogP contribution in [0.25, 0.3) is 11.0 Å². The quantitative estimate of drug-likeness (QED) is 0.366. The molecule has 4 rings (SSSR count). The molecule has 2 aromatic carbocycles. The predicted octanol–water partition coefficient (Wildman–Crippen LogP) is 3.02. The van der Waals surface area contributed by atoms with Crippen LogP contribution < -0.4 is 20.8 Å².